The average Bonchev–Trinajstić information content (AvgIpc) is 2.13. The van der Waals surface area contributed by atoms with Crippen LogP contribution in [0.5, 0.6) is 0 Å². The molecule has 4 bridgehead atoms. The number of nitrogens with zero attached hydrogens (tertiary/aromatic N) is 2. The normalized spacial score (nSPS) is 55.3. The monoisotopic (exact) mass is 195 g/mol. The van der Waals surface area contributed by atoms with Crippen LogP contribution in [0.2, 0.25) is 0 Å². The van der Waals surface area contributed by atoms with Gasteiger partial charge < -0.3 is 5.73 Å². The minimum absolute atomic E-state index is 0.439. The number of nitrogens with two attached hydrogens (primary N) is 1. The van der Waals surface area contributed by atoms with E-state index in [2.05, 4.69) is 16.7 Å². The first-order valence-corrected chi connectivity index (χ1v) is 5.94. The van der Waals surface area contributed by atoms with Crippen LogP contribution in [0.15, 0.2) is 0 Å². The van der Waals surface area contributed by atoms with Crippen LogP contribution in [0, 0.1) is 11.3 Å². The molecule has 2 N–H and O–H groups in total. The summed E-state index contributed by atoms with van der Waals surface area (Å²) in [7, 11) is 0. The van der Waals surface area contributed by atoms with Gasteiger partial charge in [-0.25, -0.2) is 0 Å². The van der Waals surface area contributed by atoms with E-state index in [9.17, 15) is 0 Å². The number of piperidine rings is 2. The third-order valence-corrected chi connectivity index (χ3v) is 4.43. The molecule has 0 spiro atoms. The van der Waals surface area contributed by atoms with E-state index < -0.39 is 0 Å². The molecule has 0 radical (unpaired) electrons. The van der Waals surface area contributed by atoms with Crippen LogP contribution in [0.4, 0.5) is 0 Å². The highest BCUT2D eigenvalue weighted by molar-refractivity contribution is 5.08. The average molecular weight is 195 g/mol. The molecule has 4 aliphatic rings. The summed E-state index contributed by atoms with van der Waals surface area (Å²) in [5.74, 6) is 0.748. The molecule has 14 heavy (non-hydrogen) atoms. The van der Waals surface area contributed by atoms with Crippen LogP contribution in [0.25, 0.3) is 0 Å². The predicted octanol–water partition coefficient (Wildman–Crippen LogP) is 0.319. The lowest BCUT2D eigenvalue weighted by Crippen LogP contribution is -2.75. The molecule has 0 aromatic carbocycles. The van der Waals surface area contributed by atoms with Crippen molar-refractivity contribution in [3.05, 3.63) is 0 Å². The van der Waals surface area contributed by atoms with E-state index in [1.54, 1.807) is 0 Å². The Morgan fingerprint density at radius 1 is 1.29 bits per heavy atom. The van der Waals surface area contributed by atoms with Gasteiger partial charge in [-0.15, -0.1) is 0 Å². The first-order valence-electron chi connectivity index (χ1n) is 5.94. The Morgan fingerprint density at radius 3 is 2.50 bits per heavy atom. The van der Waals surface area contributed by atoms with Crippen LogP contribution >= 0.6 is 0 Å². The maximum absolute atomic E-state index is 6.43. The topological polar surface area (TPSA) is 32.5 Å². The largest absolute Gasteiger partial charge is 0.327 e. The molecule has 3 unspecified atom stereocenters. The van der Waals surface area contributed by atoms with Crippen molar-refractivity contribution in [3.8, 4) is 0 Å². The van der Waals surface area contributed by atoms with Gasteiger partial charge >= 0.3 is 0 Å². The summed E-state index contributed by atoms with van der Waals surface area (Å²) in [6, 6.07) is 0.468. The minimum Gasteiger partial charge on any atom is -0.327 e. The van der Waals surface area contributed by atoms with Gasteiger partial charge in [0.25, 0.3) is 0 Å². The molecular weight excluding hydrogens is 174 g/mol. The van der Waals surface area contributed by atoms with Crippen molar-refractivity contribution in [2.45, 2.75) is 25.8 Å². The molecule has 0 aliphatic carbocycles. The summed E-state index contributed by atoms with van der Waals surface area (Å²) in [6.07, 6.45) is 2.60. The summed E-state index contributed by atoms with van der Waals surface area (Å²) >= 11 is 0. The molecule has 0 aromatic rings. The van der Waals surface area contributed by atoms with Crippen LogP contribution in [0.1, 0.15) is 19.8 Å². The standard InChI is InChI=1S/C11H21N3/c1-2-3-11-6-13-4-9(10(11)12)5-14(7-11)8-13/h9-10H,2-8,12H2,1H3. The molecule has 4 fully saturated rings. The van der Waals surface area contributed by atoms with Crippen LogP contribution in [-0.4, -0.2) is 48.7 Å². The summed E-state index contributed by atoms with van der Waals surface area (Å²) in [5.41, 5.74) is 6.87. The molecule has 80 valence electrons. The minimum atomic E-state index is 0.439. The van der Waals surface area contributed by atoms with Gasteiger partial charge in [0.2, 0.25) is 0 Å². The van der Waals surface area contributed by atoms with E-state index in [0.717, 1.165) is 5.92 Å². The molecular formula is C11H21N3. The van der Waals surface area contributed by atoms with Crippen molar-refractivity contribution >= 4 is 0 Å². The van der Waals surface area contributed by atoms with Crippen LogP contribution in [0.3, 0.4) is 0 Å². The molecule has 4 rings (SSSR count). The number of hydrogen-bond donors (Lipinski definition) is 1. The summed E-state index contributed by atoms with van der Waals surface area (Å²) < 4.78 is 0. The van der Waals surface area contributed by atoms with E-state index in [1.807, 2.05) is 0 Å². The second-order valence-corrected chi connectivity index (χ2v) is 5.56. The second kappa shape index (κ2) is 2.94. The highest BCUT2D eigenvalue weighted by Crippen LogP contribution is 2.44. The highest BCUT2D eigenvalue weighted by atomic mass is 15.4. The lowest BCUT2D eigenvalue weighted by atomic mass is 9.64. The first kappa shape index (κ1) is 9.13. The van der Waals surface area contributed by atoms with Crippen molar-refractivity contribution in [1.29, 1.82) is 0 Å². The maximum Gasteiger partial charge on any atom is 0.0506 e. The maximum atomic E-state index is 6.43. The molecule has 0 aromatic heterocycles. The van der Waals surface area contributed by atoms with Crippen molar-refractivity contribution in [2.24, 2.45) is 17.1 Å². The quantitative estimate of drug-likeness (QED) is 0.689. The van der Waals surface area contributed by atoms with Gasteiger partial charge in [0, 0.05) is 43.6 Å². The molecule has 3 nitrogen and oxygen atoms in total. The Labute approximate surface area is 86.2 Å². The number of rotatable bonds is 2. The third kappa shape index (κ3) is 1.09. The van der Waals surface area contributed by atoms with Gasteiger partial charge in [-0.1, -0.05) is 13.3 Å². The third-order valence-electron chi connectivity index (χ3n) is 4.43. The molecule has 4 aliphatic heterocycles. The van der Waals surface area contributed by atoms with Gasteiger partial charge in [-0.3, -0.25) is 9.80 Å². The van der Waals surface area contributed by atoms with E-state index in [1.165, 1.54) is 45.7 Å². The molecule has 4 saturated heterocycles. The van der Waals surface area contributed by atoms with Crippen LogP contribution in [-0.2, 0) is 0 Å². The fourth-order valence-electron chi connectivity index (χ4n) is 4.05. The SMILES string of the molecule is CCCC12CN3CC(CN(C3)C1)C2N. The molecule has 3 heteroatoms. The Morgan fingerprint density at radius 2 is 1.93 bits per heavy atom. The van der Waals surface area contributed by atoms with E-state index in [4.69, 9.17) is 5.73 Å². The lowest BCUT2D eigenvalue weighted by molar-refractivity contribution is -0.137. The summed E-state index contributed by atoms with van der Waals surface area (Å²) in [6.45, 7) is 8.51. The Bertz CT molecular complexity index is 227. The molecule has 0 saturated carbocycles. The van der Waals surface area contributed by atoms with E-state index >= 15 is 0 Å². The van der Waals surface area contributed by atoms with Gasteiger partial charge in [-0.05, 0) is 6.42 Å². The summed E-state index contributed by atoms with van der Waals surface area (Å²) in [4.78, 5) is 5.22. The van der Waals surface area contributed by atoms with Crippen molar-refractivity contribution in [3.63, 3.8) is 0 Å². The smallest absolute Gasteiger partial charge is 0.0506 e. The highest BCUT2D eigenvalue weighted by Gasteiger charge is 2.53. The van der Waals surface area contributed by atoms with Gasteiger partial charge in [-0.2, -0.15) is 0 Å². The first-order chi connectivity index (χ1) is 6.73. The second-order valence-electron chi connectivity index (χ2n) is 5.56. The Kier molecular flexibility index (Phi) is 1.92. The molecule has 4 heterocycles. The fraction of sp³-hybridized carbons (Fsp3) is 1.00. The zero-order chi connectivity index (χ0) is 9.76. The van der Waals surface area contributed by atoms with E-state index in [-0.39, 0.29) is 0 Å². The van der Waals surface area contributed by atoms with Crippen molar-refractivity contribution in [1.82, 2.24) is 9.80 Å². The van der Waals surface area contributed by atoms with Crippen LogP contribution < -0.4 is 5.73 Å². The van der Waals surface area contributed by atoms with Gasteiger partial charge in [0.05, 0.1) is 6.67 Å². The van der Waals surface area contributed by atoms with Gasteiger partial charge in [0.15, 0.2) is 0 Å². The Hall–Kier alpha value is -0.120. The molecule has 0 amide bonds. The zero-order valence-corrected chi connectivity index (χ0v) is 9.08. The predicted molar refractivity (Wildman–Crippen MR) is 56.8 cm³/mol. The number of hydrogen-bond acceptors (Lipinski definition) is 3. The van der Waals surface area contributed by atoms with Gasteiger partial charge in [0.1, 0.15) is 0 Å². The summed E-state index contributed by atoms with van der Waals surface area (Å²) in [5, 5.41) is 0. The fourth-order valence-corrected chi connectivity index (χ4v) is 4.05. The zero-order valence-electron chi connectivity index (χ0n) is 9.08. The van der Waals surface area contributed by atoms with Crippen molar-refractivity contribution in [2.75, 3.05) is 32.8 Å². The molecule has 3 atom stereocenters. The Balaban J connectivity index is 1.89. The lowest BCUT2D eigenvalue weighted by Gasteiger charge is -2.62. The van der Waals surface area contributed by atoms with E-state index in [0.29, 0.717) is 11.5 Å². The van der Waals surface area contributed by atoms with Crippen molar-refractivity contribution < 1.29 is 0 Å².